The number of fused-ring (bicyclic) bond motifs is 1. The molecule has 0 unspecified atom stereocenters. The molecule has 1 aromatic carbocycles. The molecule has 1 heterocycles. The third-order valence-electron chi connectivity index (χ3n) is 1.63. The lowest BCUT2D eigenvalue weighted by molar-refractivity contribution is -0.135. The van der Waals surface area contributed by atoms with Gasteiger partial charge < -0.3 is 0 Å². The number of hydrogen-bond acceptors (Lipinski definition) is 2. The Balaban J connectivity index is 2.92. The first kappa shape index (κ1) is 9.72. The summed E-state index contributed by atoms with van der Waals surface area (Å²) in [6, 6.07) is 3.16. The summed E-state index contributed by atoms with van der Waals surface area (Å²) in [4.78, 5) is 29.1. The number of rotatable bonds is 0. The molecule has 70 valence electrons. The average molecular weight is 320 g/mol. The summed E-state index contributed by atoms with van der Waals surface area (Å²) in [6.45, 7) is 0. The molecule has 0 bridgehead atoms. The van der Waals surface area contributed by atoms with Gasteiger partial charge in [-0.15, -0.1) is 0 Å². The average Bonchev–Trinajstić information content (AvgIpc) is 2.08. The summed E-state index contributed by atoms with van der Waals surface area (Å²) < 4.78 is 0.703. The highest BCUT2D eigenvalue weighted by atomic mass is 127. The zero-order chi connectivity index (χ0) is 10.3. The first-order chi connectivity index (χ1) is 6.58. The zero-order valence-electron chi connectivity index (χ0n) is 6.62. The van der Waals surface area contributed by atoms with Gasteiger partial charge in [0.2, 0.25) is 0 Å². The molecule has 2 amide bonds. The Bertz CT molecular complexity index is 567. The molecule has 0 radical (unpaired) electrons. The van der Waals surface area contributed by atoms with E-state index in [1.165, 1.54) is 6.07 Å². The van der Waals surface area contributed by atoms with Gasteiger partial charge in [0.25, 0.3) is 0 Å². The first-order valence-corrected chi connectivity index (χ1v) is 5.04. The van der Waals surface area contributed by atoms with Crippen LogP contribution in [0.1, 0.15) is 0 Å². The van der Waals surface area contributed by atoms with Crippen LogP contribution in [0.2, 0.25) is 5.02 Å². The molecule has 1 aromatic rings. The van der Waals surface area contributed by atoms with Crippen molar-refractivity contribution in [3.8, 4) is 0 Å². The SMILES string of the molecule is O=C1N=c2cc(Cl)cc(I)c2=NC1=O. The number of nitrogens with zero attached hydrogens (tertiary/aromatic N) is 2. The minimum Gasteiger partial charge on any atom is -0.261 e. The van der Waals surface area contributed by atoms with Crippen LogP contribution in [0.4, 0.5) is 0 Å². The smallest absolute Gasteiger partial charge is 0.261 e. The van der Waals surface area contributed by atoms with E-state index in [2.05, 4.69) is 9.98 Å². The molecule has 2 rings (SSSR count). The van der Waals surface area contributed by atoms with Crippen LogP contribution in [-0.2, 0) is 9.59 Å². The Morgan fingerprint density at radius 3 is 2.50 bits per heavy atom. The second kappa shape index (κ2) is 3.39. The fourth-order valence-electron chi connectivity index (χ4n) is 1.05. The lowest BCUT2D eigenvalue weighted by atomic mass is 10.3. The molecule has 1 aliphatic rings. The second-order valence-corrected chi connectivity index (χ2v) is 4.19. The Kier molecular flexibility index (Phi) is 2.36. The molecule has 0 atom stereocenters. The van der Waals surface area contributed by atoms with Crippen LogP contribution in [0, 0.1) is 3.57 Å². The van der Waals surface area contributed by atoms with Crippen LogP contribution < -0.4 is 10.7 Å². The molecule has 14 heavy (non-hydrogen) atoms. The molecule has 0 aliphatic carbocycles. The first-order valence-electron chi connectivity index (χ1n) is 3.59. The lowest BCUT2D eigenvalue weighted by Gasteiger charge is -1.99. The molecule has 0 saturated carbocycles. The summed E-state index contributed by atoms with van der Waals surface area (Å²) in [5, 5.41) is 1.24. The van der Waals surface area contributed by atoms with Crippen molar-refractivity contribution >= 4 is 46.0 Å². The number of carbonyl (C=O) groups is 2. The molecule has 0 aromatic heterocycles. The summed E-state index contributed by atoms with van der Waals surface area (Å²) in [5.74, 6) is -1.69. The maximum atomic E-state index is 10.9. The minimum absolute atomic E-state index is 0.353. The molecular weight excluding hydrogens is 318 g/mol. The number of benzene rings is 1. The lowest BCUT2D eigenvalue weighted by Crippen LogP contribution is -2.36. The van der Waals surface area contributed by atoms with E-state index < -0.39 is 11.8 Å². The van der Waals surface area contributed by atoms with Crippen molar-refractivity contribution in [1.82, 2.24) is 0 Å². The highest BCUT2D eigenvalue weighted by Crippen LogP contribution is 2.07. The number of amides is 2. The van der Waals surface area contributed by atoms with Gasteiger partial charge in [0.15, 0.2) is 0 Å². The van der Waals surface area contributed by atoms with Crippen molar-refractivity contribution in [3.05, 3.63) is 31.4 Å². The fraction of sp³-hybridized carbons (Fsp3) is 0. The van der Waals surface area contributed by atoms with Gasteiger partial charge in [0, 0.05) is 8.59 Å². The van der Waals surface area contributed by atoms with E-state index in [4.69, 9.17) is 11.6 Å². The Morgan fingerprint density at radius 2 is 1.79 bits per heavy atom. The van der Waals surface area contributed by atoms with E-state index in [-0.39, 0.29) is 0 Å². The van der Waals surface area contributed by atoms with Crippen LogP contribution in [0.15, 0.2) is 22.1 Å². The second-order valence-electron chi connectivity index (χ2n) is 2.59. The van der Waals surface area contributed by atoms with E-state index in [9.17, 15) is 9.59 Å². The predicted molar refractivity (Wildman–Crippen MR) is 56.5 cm³/mol. The predicted octanol–water partition coefficient (Wildman–Crippen LogP) is 0.251. The van der Waals surface area contributed by atoms with Crippen LogP contribution >= 0.6 is 34.2 Å². The largest absolute Gasteiger partial charge is 0.338 e. The molecule has 6 heteroatoms. The van der Waals surface area contributed by atoms with Crippen LogP contribution in [-0.4, -0.2) is 11.8 Å². The fourth-order valence-corrected chi connectivity index (χ4v) is 2.18. The van der Waals surface area contributed by atoms with Crippen molar-refractivity contribution in [2.45, 2.75) is 0 Å². The third-order valence-corrected chi connectivity index (χ3v) is 2.67. The minimum atomic E-state index is -0.851. The monoisotopic (exact) mass is 320 g/mol. The van der Waals surface area contributed by atoms with Gasteiger partial charge in [-0.25, -0.2) is 9.98 Å². The summed E-state index contributed by atoms with van der Waals surface area (Å²) in [7, 11) is 0. The third kappa shape index (κ3) is 1.57. The van der Waals surface area contributed by atoms with E-state index in [0.29, 0.717) is 19.3 Å². The van der Waals surface area contributed by atoms with Crippen molar-refractivity contribution < 1.29 is 9.59 Å². The van der Waals surface area contributed by atoms with Gasteiger partial charge in [-0.1, -0.05) is 11.6 Å². The van der Waals surface area contributed by atoms with E-state index in [1.807, 2.05) is 22.6 Å². The molecular formula is C8H2ClIN2O2. The maximum absolute atomic E-state index is 10.9. The maximum Gasteiger partial charge on any atom is 0.338 e. The quantitative estimate of drug-likeness (QED) is 0.508. The van der Waals surface area contributed by atoms with Gasteiger partial charge >= 0.3 is 11.8 Å². The van der Waals surface area contributed by atoms with Gasteiger partial charge in [-0.3, -0.25) is 9.59 Å². The number of halogens is 2. The van der Waals surface area contributed by atoms with Crippen LogP contribution in [0.5, 0.6) is 0 Å². The van der Waals surface area contributed by atoms with Gasteiger partial charge in [-0.05, 0) is 34.7 Å². The van der Waals surface area contributed by atoms with E-state index in [0.717, 1.165) is 0 Å². The van der Waals surface area contributed by atoms with Crippen molar-refractivity contribution in [2.24, 2.45) is 9.98 Å². The Hall–Kier alpha value is -0.820. The molecule has 0 fully saturated rings. The topological polar surface area (TPSA) is 58.9 Å². The standard InChI is InChI=1S/C8H2ClIN2O2/c9-3-1-4(10)6-5(2-3)11-7(13)8(14)12-6/h1-2H. The normalized spacial score (nSPS) is 14.4. The molecule has 4 nitrogen and oxygen atoms in total. The van der Waals surface area contributed by atoms with Crippen LogP contribution in [0.25, 0.3) is 0 Å². The highest BCUT2D eigenvalue weighted by Gasteiger charge is 2.16. The Morgan fingerprint density at radius 1 is 1.14 bits per heavy atom. The molecule has 0 N–H and O–H groups in total. The van der Waals surface area contributed by atoms with Crippen molar-refractivity contribution in [3.63, 3.8) is 0 Å². The Labute approximate surface area is 96.8 Å². The van der Waals surface area contributed by atoms with Gasteiger partial charge in [0.05, 0.1) is 5.36 Å². The highest BCUT2D eigenvalue weighted by molar-refractivity contribution is 14.1. The molecule has 1 aliphatic heterocycles. The van der Waals surface area contributed by atoms with E-state index >= 15 is 0 Å². The van der Waals surface area contributed by atoms with Crippen molar-refractivity contribution in [2.75, 3.05) is 0 Å². The number of hydrogen-bond donors (Lipinski definition) is 0. The van der Waals surface area contributed by atoms with Crippen LogP contribution in [0.3, 0.4) is 0 Å². The molecule has 0 spiro atoms. The summed E-state index contributed by atoms with van der Waals surface area (Å²) >= 11 is 7.75. The zero-order valence-corrected chi connectivity index (χ0v) is 9.53. The van der Waals surface area contributed by atoms with Gasteiger partial charge in [-0.2, -0.15) is 0 Å². The molecule has 0 saturated heterocycles. The number of carbonyl (C=O) groups excluding carboxylic acids is 2. The van der Waals surface area contributed by atoms with Crippen molar-refractivity contribution in [1.29, 1.82) is 0 Å². The summed E-state index contributed by atoms with van der Waals surface area (Å²) in [6.07, 6.45) is 0. The van der Waals surface area contributed by atoms with Gasteiger partial charge in [0.1, 0.15) is 5.36 Å². The van der Waals surface area contributed by atoms with E-state index in [1.54, 1.807) is 6.07 Å². The summed E-state index contributed by atoms with van der Waals surface area (Å²) in [5.41, 5.74) is 0.